The first-order chi connectivity index (χ1) is 11.5. The predicted octanol–water partition coefficient (Wildman–Crippen LogP) is 2.41. The van der Waals surface area contributed by atoms with Gasteiger partial charge in [-0.05, 0) is 30.7 Å². The molecule has 1 aliphatic heterocycles. The number of carbonyl (C=O) groups excluding carboxylic acids is 1. The summed E-state index contributed by atoms with van der Waals surface area (Å²) in [5.74, 6) is -0.346. The van der Waals surface area contributed by atoms with Gasteiger partial charge in [0, 0.05) is 32.4 Å². The van der Waals surface area contributed by atoms with Crippen molar-refractivity contribution in [2.24, 2.45) is 0 Å². The number of rotatable bonds is 4. The molecule has 7 heteroatoms. The molecule has 1 aromatic carbocycles. The molecule has 0 fully saturated rings. The third kappa shape index (κ3) is 3.31. The van der Waals surface area contributed by atoms with Crippen molar-refractivity contribution >= 4 is 5.91 Å². The van der Waals surface area contributed by atoms with E-state index in [2.05, 4.69) is 22.1 Å². The Bertz CT molecular complexity index is 731. The molecular formula is C17H20F2N4O. The lowest BCUT2D eigenvalue weighted by Gasteiger charge is -2.36. The summed E-state index contributed by atoms with van der Waals surface area (Å²) in [6.45, 7) is -1.38. The zero-order chi connectivity index (χ0) is 17.3. The Morgan fingerprint density at radius 2 is 2.04 bits per heavy atom. The number of fused-ring (bicyclic) bond motifs is 1. The first-order valence-corrected chi connectivity index (χ1v) is 7.81. The molecular weight excluding hydrogens is 314 g/mol. The van der Waals surface area contributed by atoms with Crippen LogP contribution in [0.3, 0.4) is 0 Å². The topological polar surface area (TPSA) is 41.4 Å². The van der Waals surface area contributed by atoms with Gasteiger partial charge in [-0.3, -0.25) is 9.69 Å². The van der Waals surface area contributed by atoms with Gasteiger partial charge < -0.3 is 4.90 Å². The summed E-state index contributed by atoms with van der Waals surface area (Å²) >= 11 is 0. The minimum Gasteiger partial charge on any atom is -0.339 e. The molecule has 0 saturated carbocycles. The van der Waals surface area contributed by atoms with Gasteiger partial charge in [-0.1, -0.05) is 24.3 Å². The monoisotopic (exact) mass is 334 g/mol. The van der Waals surface area contributed by atoms with Gasteiger partial charge in [0.25, 0.3) is 5.91 Å². The van der Waals surface area contributed by atoms with Gasteiger partial charge in [0.15, 0.2) is 5.69 Å². The highest BCUT2D eigenvalue weighted by Gasteiger charge is 2.26. The first kappa shape index (κ1) is 16.6. The molecule has 2 heterocycles. The van der Waals surface area contributed by atoms with Crippen LogP contribution in [0, 0.1) is 0 Å². The fourth-order valence-electron chi connectivity index (χ4n) is 3.08. The lowest BCUT2D eigenvalue weighted by atomic mass is 9.94. The molecule has 0 unspecified atom stereocenters. The summed E-state index contributed by atoms with van der Waals surface area (Å²) < 4.78 is 25.6. The quantitative estimate of drug-likeness (QED) is 0.862. The number of amides is 1. The second-order valence-corrected chi connectivity index (χ2v) is 6.19. The van der Waals surface area contributed by atoms with Crippen LogP contribution < -0.4 is 0 Å². The highest BCUT2D eigenvalue weighted by molar-refractivity contribution is 5.92. The SMILES string of the molecule is CN(C[C@H]1Cc2ccccc2CN1C)C(=O)c1ccn(C(F)F)n1. The van der Waals surface area contributed by atoms with E-state index in [-0.39, 0.29) is 17.6 Å². The second-order valence-electron chi connectivity index (χ2n) is 6.19. The van der Waals surface area contributed by atoms with Crippen LogP contribution in [-0.4, -0.2) is 52.2 Å². The van der Waals surface area contributed by atoms with Crippen LogP contribution >= 0.6 is 0 Å². The minimum atomic E-state index is -2.74. The van der Waals surface area contributed by atoms with E-state index in [1.54, 1.807) is 11.9 Å². The van der Waals surface area contributed by atoms with Crippen LogP contribution in [0.25, 0.3) is 0 Å². The van der Waals surface area contributed by atoms with Gasteiger partial charge in [-0.15, -0.1) is 0 Å². The Morgan fingerprint density at radius 3 is 2.71 bits per heavy atom. The molecule has 1 aromatic heterocycles. The lowest BCUT2D eigenvalue weighted by molar-refractivity contribution is 0.0550. The Balaban J connectivity index is 1.67. The maximum absolute atomic E-state index is 12.6. The van der Waals surface area contributed by atoms with Crippen molar-refractivity contribution in [2.45, 2.75) is 25.6 Å². The van der Waals surface area contributed by atoms with Crippen molar-refractivity contribution < 1.29 is 13.6 Å². The van der Waals surface area contributed by atoms with Crippen LogP contribution in [0.15, 0.2) is 36.5 Å². The number of carbonyl (C=O) groups is 1. The molecule has 0 saturated heterocycles. The molecule has 0 aliphatic carbocycles. The second kappa shape index (κ2) is 6.68. The third-order valence-corrected chi connectivity index (χ3v) is 4.48. The van der Waals surface area contributed by atoms with E-state index in [4.69, 9.17) is 0 Å². The minimum absolute atomic E-state index is 0.0386. The summed E-state index contributed by atoms with van der Waals surface area (Å²) in [6, 6.07) is 9.79. The maximum atomic E-state index is 12.6. The maximum Gasteiger partial charge on any atom is 0.333 e. The molecule has 1 atom stereocenters. The molecule has 24 heavy (non-hydrogen) atoms. The van der Waals surface area contributed by atoms with Crippen molar-refractivity contribution in [1.82, 2.24) is 19.6 Å². The van der Waals surface area contributed by atoms with Gasteiger partial charge >= 0.3 is 6.55 Å². The molecule has 128 valence electrons. The van der Waals surface area contributed by atoms with E-state index in [1.165, 1.54) is 17.2 Å². The van der Waals surface area contributed by atoms with Crippen LogP contribution in [0.1, 0.15) is 28.2 Å². The fourth-order valence-corrected chi connectivity index (χ4v) is 3.08. The molecule has 0 bridgehead atoms. The summed E-state index contributed by atoms with van der Waals surface area (Å²) in [7, 11) is 3.71. The van der Waals surface area contributed by atoms with Gasteiger partial charge in [-0.2, -0.15) is 13.9 Å². The Labute approximate surface area is 139 Å². The van der Waals surface area contributed by atoms with Crippen molar-refractivity contribution in [3.63, 3.8) is 0 Å². The fraction of sp³-hybridized carbons (Fsp3) is 0.412. The molecule has 5 nitrogen and oxygen atoms in total. The average molecular weight is 334 g/mol. The standard InChI is InChI=1S/C17H20F2N4O/c1-21-10-13-6-4-3-5-12(13)9-14(21)11-22(2)16(24)15-7-8-23(20-15)17(18)19/h3-8,14,17H,9-11H2,1-2H3/t14-/m1/s1. The predicted molar refractivity (Wildman–Crippen MR) is 85.8 cm³/mol. The van der Waals surface area contributed by atoms with E-state index < -0.39 is 6.55 Å². The summed E-state index contributed by atoms with van der Waals surface area (Å²) in [4.78, 5) is 16.2. The first-order valence-electron chi connectivity index (χ1n) is 7.81. The molecule has 0 radical (unpaired) electrons. The Hall–Kier alpha value is -2.28. The van der Waals surface area contributed by atoms with E-state index in [0.717, 1.165) is 19.2 Å². The number of nitrogens with zero attached hydrogens (tertiary/aromatic N) is 4. The van der Waals surface area contributed by atoms with Gasteiger partial charge in [0.05, 0.1) is 0 Å². The molecule has 1 amide bonds. The normalized spacial score (nSPS) is 17.8. The van der Waals surface area contributed by atoms with Crippen LogP contribution in [0.2, 0.25) is 0 Å². The van der Waals surface area contributed by atoms with Crippen molar-refractivity contribution in [2.75, 3.05) is 20.6 Å². The lowest BCUT2D eigenvalue weighted by Crippen LogP contribution is -2.46. The van der Waals surface area contributed by atoms with Gasteiger partial charge in [0.1, 0.15) is 0 Å². The average Bonchev–Trinajstić information content (AvgIpc) is 3.05. The number of hydrogen-bond acceptors (Lipinski definition) is 3. The van der Waals surface area contributed by atoms with E-state index in [9.17, 15) is 13.6 Å². The Morgan fingerprint density at radius 1 is 1.33 bits per heavy atom. The van der Waals surface area contributed by atoms with Gasteiger partial charge in [-0.25, -0.2) is 4.68 Å². The number of halogens is 2. The van der Waals surface area contributed by atoms with E-state index in [1.807, 2.05) is 19.2 Å². The number of likely N-dealkylation sites (N-methyl/N-ethyl adjacent to an activating group) is 2. The molecule has 0 spiro atoms. The highest BCUT2D eigenvalue weighted by atomic mass is 19.3. The number of aromatic nitrogens is 2. The molecule has 0 N–H and O–H groups in total. The summed E-state index contributed by atoms with van der Waals surface area (Å²) in [5.41, 5.74) is 2.64. The molecule has 3 rings (SSSR count). The summed E-state index contributed by atoms with van der Waals surface area (Å²) in [5, 5.41) is 3.64. The van der Waals surface area contributed by atoms with Crippen LogP contribution in [0.5, 0.6) is 0 Å². The van der Waals surface area contributed by atoms with Crippen molar-refractivity contribution in [3.05, 3.63) is 53.3 Å². The number of alkyl halides is 2. The molecule has 2 aromatic rings. The van der Waals surface area contributed by atoms with Crippen LogP contribution in [-0.2, 0) is 13.0 Å². The summed E-state index contributed by atoms with van der Waals surface area (Å²) in [6.07, 6.45) is 1.98. The van der Waals surface area contributed by atoms with Crippen LogP contribution in [0.4, 0.5) is 8.78 Å². The van der Waals surface area contributed by atoms with E-state index in [0.29, 0.717) is 11.2 Å². The van der Waals surface area contributed by atoms with Crippen molar-refractivity contribution in [3.8, 4) is 0 Å². The third-order valence-electron chi connectivity index (χ3n) is 4.48. The zero-order valence-corrected chi connectivity index (χ0v) is 13.7. The zero-order valence-electron chi connectivity index (χ0n) is 13.7. The highest BCUT2D eigenvalue weighted by Crippen LogP contribution is 2.22. The molecule has 1 aliphatic rings. The Kier molecular flexibility index (Phi) is 4.62. The van der Waals surface area contributed by atoms with Crippen molar-refractivity contribution in [1.29, 1.82) is 0 Å². The number of benzene rings is 1. The largest absolute Gasteiger partial charge is 0.339 e. The smallest absolute Gasteiger partial charge is 0.333 e. The van der Waals surface area contributed by atoms with E-state index >= 15 is 0 Å². The number of hydrogen-bond donors (Lipinski definition) is 0. The van der Waals surface area contributed by atoms with Gasteiger partial charge in [0.2, 0.25) is 0 Å².